The molecule has 1 aliphatic carbocycles. The van der Waals surface area contributed by atoms with Crippen molar-refractivity contribution in [2.75, 3.05) is 6.54 Å². The van der Waals surface area contributed by atoms with E-state index >= 15 is 0 Å². The fourth-order valence-electron chi connectivity index (χ4n) is 2.98. The third-order valence-electron chi connectivity index (χ3n) is 4.59. The lowest BCUT2D eigenvalue weighted by Crippen LogP contribution is -2.33. The quantitative estimate of drug-likeness (QED) is 0.487. The van der Waals surface area contributed by atoms with Gasteiger partial charge in [-0.25, -0.2) is 4.98 Å². The van der Waals surface area contributed by atoms with E-state index in [1.54, 1.807) is 15.9 Å². The smallest absolute Gasteiger partial charge is 0.262 e. The molecule has 0 radical (unpaired) electrons. The van der Waals surface area contributed by atoms with Crippen molar-refractivity contribution in [2.45, 2.75) is 42.6 Å². The molecule has 4 rings (SSSR count). The minimum absolute atomic E-state index is 0.00379. The third-order valence-corrected chi connectivity index (χ3v) is 6.59. The molecule has 1 saturated carbocycles. The first-order valence-corrected chi connectivity index (χ1v) is 10.9. The zero-order chi connectivity index (χ0) is 18.8. The topological polar surface area (TPSA) is 64.0 Å². The number of hydrogen-bond donors (Lipinski definition) is 1. The number of amides is 1. The number of nitrogens with one attached hydrogen (secondary N) is 1. The molecule has 27 heavy (non-hydrogen) atoms. The lowest BCUT2D eigenvalue weighted by atomic mass is 10.2. The molecule has 1 aliphatic rings. The van der Waals surface area contributed by atoms with E-state index in [0.29, 0.717) is 22.6 Å². The maximum Gasteiger partial charge on any atom is 0.262 e. The van der Waals surface area contributed by atoms with E-state index in [-0.39, 0.29) is 22.8 Å². The average Bonchev–Trinajstić information content (AvgIpc) is 3.36. The van der Waals surface area contributed by atoms with E-state index < -0.39 is 0 Å². The summed E-state index contributed by atoms with van der Waals surface area (Å²) in [5, 5.41) is 6.00. The van der Waals surface area contributed by atoms with Gasteiger partial charge in [0.15, 0.2) is 5.16 Å². The molecule has 1 N–H and O–H groups in total. The van der Waals surface area contributed by atoms with Gasteiger partial charge in [0, 0.05) is 17.5 Å². The summed E-state index contributed by atoms with van der Waals surface area (Å²) < 4.78 is 1.78. The maximum absolute atomic E-state index is 12.9. The van der Waals surface area contributed by atoms with Crippen molar-refractivity contribution in [1.29, 1.82) is 0 Å². The number of aromatic nitrogens is 2. The Hall–Kier alpha value is -2.12. The van der Waals surface area contributed by atoms with Gasteiger partial charge < -0.3 is 5.32 Å². The second-order valence-electron chi connectivity index (χ2n) is 6.70. The van der Waals surface area contributed by atoms with Gasteiger partial charge in [-0.15, -0.1) is 11.3 Å². The van der Waals surface area contributed by atoms with Crippen LogP contribution in [0.25, 0.3) is 10.9 Å². The number of thioether (sulfide) groups is 1. The highest BCUT2D eigenvalue weighted by atomic mass is 32.2. The molecule has 7 heteroatoms. The Morgan fingerprint density at radius 2 is 2.15 bits per heavy atom. The second-order valence-corrected chi connectivity index (χ2v) is 9.04. The van der Waals surface area contributed by atoms with E-state index in [1.165, 1.54) is 16.6 Å². The molecular formula is C20H21N3O2S2. The third kappa shape index (κ3) is 4.09. The molecule has 0 bridgehead atoms. The summed E-state index contributed by atoms with van der Waals surface area (Å²) in [7, 11) is 0. The number of hydrogen-bond acceptors (Lipinski definition) is 5. The zero-order valence-corrected chi connectivity index (χ0v) is 16.7. The maximum atomic E-state index is 12.9. The molecule has 1 unspecified atom stereocenters. The minimum atomic E-state index is -0.314. The molecule has 0 spiro atoms. The Labute approximate surface area is 165 Å². The number of carbonyl (C=O) groups is 1. The Kier molecular flexibility index (Phi) is 5.31. The highest BCUT2D eigenvalue weighted by molar-refractivity contribution is 8.00. The van der Waals surface area contributed by atoms with Crippen LogP contribution in [0.15, 0.2) is 51.7 Å². The molecule has 5 nitrogen and oxygen atoms in total. The second kappa shape index (κ2) is 7.86. The lowest BCUT2D eigenvalue weighted by molar-refractivity contribution is -0.120. The molecule has 1 atom stereocenters. The molecule has 2 aromatic heterocycles. The van der Waals surface area contributed by atoms with E-state index in [9.17, 15) is 9.59 Å². The fourth-order valence-corrected chi connectivity index (χ4v) is 4.69. The van der Waals surface area contributed by atoms with Gasteiger partial charge >= 0.3 is 0 Å². The van der Waals surface area contributed by atoms with Crippen LogP contribution in [0.3, 0.4) is 0 Å². The van der Waals surface area contributed by atoms with Crippen LogP contribution in [0.2, 0.25) is 0 Å². The van der Waals surface area contributed by atoms with Crippen LogP contribution in [-0.2, 0) is 11.2 Å². The number of fused-ring (bicyclic) bond motifs is 1. The SMILES string of the molecule is CC(Sc1nc2ccccc2c(=O)n1C1CC1)C(=O)NCCc1cccs1. The molecule has 3 aromatic rings. The van der Waals surface area contributed by atoms with Crippen LogP contribution >= 0.6 is 23.1 Å². The van der Waals surface area contributed by atoms with E-state index in [4.69, 9.17) is 0 Å². The average molecular weight is 400 g/mol. The number of benzene rings is 1. The Bertz CT molecular complexity index is 1010. The van der Waals surface area contributed by atoms with Gasteiger partial charge in [-0.1, -0.05) is 30.0 Å². The van der Waals surface area contributed by atoms with Gasteiger partial charge in [0.2, 0.25) is 5.91 Å². The first-order chi connectivity index (χ1) is 13.1. The van der Waals surface area contributed by atoms with Crippen LogP contribution in [0.5, 0.6) is 0 Å². The van der Waals surface area contributed by atoms with Crippen molar-refractivity contribution in [3.05, 3.63) is 57.0 Å². The van der Waals surface area contributed by atoms with Crippen molar-refractivity contribution < 1.29 is 4.79 Å². The van der Waals surface area contributed by atoms with Crippen LogP contribution in [-0.4, -0.2) is 27.3 Å². The van der Waals surface area contributed by atoms with Gasteiger partial charge in [0.05, 0.1) is 16.2 Å². The van der Waals surface area contributed by atoms with Gasteiger partial charge in [-0.3, -0.25) is 14.2 Å². The van der Waals surface area contributed by atoms with Crippen LogP contribution in [0.4, 0.5) is 0 Å². The van der Waals surface area contributed by atoms with Crippen LogP contribution in [0.1, 0.15) is 30.7 Å². The first-order valence-electron chi connectivity index (χ1n) is 9.11. The van der Waals surface area contributed by atoms with E-state index in [1.807, 2.05) is 42.6 Å². The van der Waals surface area contributed by atoms with Crippen LogP contribution < -0.4 is 10.9 Å². The van der Waals surface area contributed by atoms with E-state index in [0.717, 1.165) is 19.3 Å². The van der Waals surface area contributed by atoms with Gasteiger partial charge in [-0.2, -0.15) is 0 Å². The zero-order valence-electron chi connectivity index (χ0n) is 15.1. The fraction of sp³-hybridized carbons (Fsp3) is 0.350. The Morgan fingerprint density at radius 3 is 2.89 bits per heavy atom. The Balaban J connectivity index is 1.49. The number of carbonyl (C=O) groups excluding carboxylic acids is 1. The highest BCUT2D eigenvalue weighted by Crippen LogP contribution is 2.37. The summed E-state index contributed by atoms with van der Waals surface area (Å²) in [5.74, 6) is -0.0266. The molecule has 0 aliphatic heterocycles. The monoisotopic (exact) mass is 399 g/mol. The van der Waals surface area contributed by atoms with Gasteiger partial charge in [0.1, 0.15) is 0 Å². The summed E-state index contributed by atoms with van der Waals surface area (Å²) in [6.07, 6.45) is 2.82. The molecule has 2 heterocycles. The van der Waals surface area contributed by atoms with Crippen LogP contribution in [0, 0.1) is 0 Å². The number of nitrogens with zero attached hydrogens (tertiary/aromatic N) is 2. The summed E-state index contributed by atoms with van der Waals surface area (Å²) >= 11 is 3.06. The summed E-state index contributed by atoms with van der Waals surface area (Å²) in [4.78, 5) is 31.3. The summed E-state index contributed by atoms with van der Waals surface area (Å²) in [5.41, 5.74) is 0.683. The molecule has 1 aromatic carbocycles. The number of thiophene rings is 1. The van der Waals surface area contributed by atoms with Crippen molar-refractivity contribution in [3.8, 4) is 0 Å². The number of para-hydroxylation sites is 1. The normalized spacial score (nSPS) is 15.0. The molecular weight excluding hydrogens is 378 g/mol. The number of rotatable bonds is 7. The summed E-state index contributed by atoms with van der Waals surface area (Å²) in [6, 6.07) is 11.7. The predicted molar refractivity (Wildman–Crippen MR) is 111 cm³/mol. The van der Waals surface area contributed by atoms with Gasteiger partial charge in [-0.05, 0) is 49.8 Å². The van der Waals surface area contributed by atoms with Crippen molar-refractivity contribution in [2.24, 2.45) is 0 Å². The minimum Gasteiger partial charge on any atom is -0.355 e. The lowest BCUT2D eigenvalue weighted by Gasteiger charge is -2.16. The molecule has 0 saturated heterocycles. The van der Waals surface area contributed by atoms with Crippen molar-refractivity contribution >= 4 is 39.9 Å². The van der Waals surface area contributed by atoms with E-state index in [2.05, 4.69) is 16.4 Å². The Morgan fingerprint density at radius 1 is 1.33 bits per heavy atom. The van der Waals surface area contributed by atoms with Gasteiger partial charge in [0.25, 0.3) is 5.56 Å². The predicted octanol–water partition coefficient (Wildman–Crippen LogP) is 3.63. The standard InChI is InChI=1S/C20H21N3O2S2/c1-13(18(24)21-11-10-15-5-4-12-26-15)27-20-22-17-7-3-2-6-16(17)19(25)23(20)14-8-9-14/h2-7,12-14H,8-11H2,1H3,(H,21,24). The first kappa shape index (κ1) is 18.3. The molecule has 1 amide bonds. The largest absolute Gasteiger partial charge is 0.355 e. The van der Waals surface area contributed by atoms with Crippen molar-refractivity contribution in [3.63, 3.8) is 0 Å². The van der Waals surface area contributed by atoms with Crippen molar-refractivity contribution in [1.82, 2.24) is 14.9 Å². The highest BCUT2D eigenvalue weighted by Gasteiger charge is 2.29. The summed E-state index contributed by atoms with van der Waals surface area (Å²) in [6.45, 7) is 2.48. The molecule has 1 fully saturated rings. The molecule has 140 valence electrons.